The molecule has 0 aromatic carbocycles. The molecule has 5 heteroatoms. The predicted molar refractivity (Wildman–Crippen MR) is 68.9 cm³/mol. The van der Waals surface area contributed by atoms with Crippen molar-refractivity contribution >= 4 is 11.3 Å². The first kappa shape index (κ1) is 12.3. The van der Waals surface area contributed by atoms with Crippen LogP contribution >= 0.6 is 11.3 Å². The lowest BCUT2D eigenvalue weighted by Gasteiger charge is -2.18. The maximum atomic E-state index is 5.65. The van der Waals surface area contributed by atoms with Gasteiger partial charge in [-0.2, -0.15) is 0 Å². The van der Waals surface area contributed by atoms with E-state index >= 15 is 0 Å². The molecule has 0 amide bonds. The minimum absolute atomic E-state index is 0.0614. The minimum atomic E-state index is 0.0614. The van der Waals surface area contributed by atoms with Gasteiger partial charge in [-0.25, -0.2) is 9.97 Å². The van der Waals surface area contributed by atoms with Crippen molar-refractivity contribution in [1.82, 2.24) is 15.3 Å². The smallest absolute Gasteiger partial charge is 0.208 e. The lowest BCUT2D eigenvalue weighted by atomic mass is 10.1. The number of hydrogen-bond donors (Lipinski definition) is 1. The van der Waals surface area contributed by atoms with Crippen molar-refractivity contribution in [2.45, 2.75) is 39.8 Å². The normalized spacial score (nSPS) is 12.0. The molecule has 0 atom stereocenters. The van der Waals surface area contributed by atoms with Crippen LogP contribution in [0.1, 0.15) is 31.7 Å². The van der Waals surface area contributed by atoms with Gasteiger partial charge in [-0.1, -0.05) is 0 Å². The Labute approximate surface area is 105 Å². The summed E-state index contributed by atoms with van der Waals surface area (Å²) in [6.45, 7) is 8.95. The molecule has 2 aromatic heterocycles. The topological polar surface area (TPSA) is 51.0 Å². The highest BCUT2D eigenvalue weighted by molar-refractivity contribution is 7.09. The quantitative estimate of drug-likeness (QED) is 0.911. The van der Waals surface area contributed by atoms with E-state index in [0.29, 0.717) is 12.4 Å². The van der Waals surface area contributed by atoms with E-state index in [0.717, 1.165) is 16.5 Å². The van der Waals surface area contributed by atoms with Gasteiger partial charge in [0, 0.05) is 10.9 Å². The van der Waals surface area contributed by atoms with Crippen LogP contribution < -0.4 is 5.32 Å². The third-order valence-corrected chi connectivity index (χ3v) is 2.97. The predicted octanol–water partition coefficient (Wildman–Crippen LogP) is 2.99. The maximum absolute atomic E-state index is 5.65. The zero-order valence-corrected chi connectivity index (χ0v) is 11.4. The molecule has 0 saturated heterocycles. The zero-order valence-electron chi connectivity index (χ0n) is 10.6. The van der Waals surface area contributed by atoms with E-state index in [1.807, 2.05) is 12.3 Å². The fraction of sp³-hybridized carbons (Fsp3) is 0.500. The van der Waals surface area contributed by atoms with Gasteiger partial charge in [0.05, 0.1) is 17.7 Å². The first-order chi connectivity index (χ1) is 7.94. The number of nitrogens with zero attached hydrogens (tertiary/aromatic N) is 2. The van der Waals surface area contributed by atoms with Crippen molar-refractivity contribution in [1.29, 1.82) is 0 Å². The SMILES string of the molecule is Cc1nc(-c2cnc(CNC(C)(C)C)o2)cs1. The van der Waals surface area contributed by atoms with Gasteiger partial charge >= 0.3 is 0 Å². The Balaban J connectivity index is 2.06. The molecule has 17 heavy (non-hydrogen) atoms. The van der Waals surface area contributed by atoms with Crippen LogP contribution in [0.5, 0.6) is 0 Å². The van der Waals surface area contributed by atoms with Crippen LogP contribution in [0.15, 0.2) is 16.0 Å². The summed E-state index contributed by atoms with van der Waals surface area (Å²) >= 11 is 1.61. The van der Waals surface area contributed by atoms with Gasteiger partial charge in [0.2, 0.25) is 5.89 Å². The fourth-order valence-corrected chi connectivity index (χ4v) is 1.93. The Morgan fingerprint density at radius 1 is 1.41 bits per heavy atom. The average Bonchev–Trinajstić information content (AvgIpc) is 2.81. The molecule has 0 aliphatic rings. The highest BCUT2D eigenvalue weighted by Crippen LogP contribution is 2.22. The van der Waals surface area contributed by atoms with Crippen molar-refractivity contribution < 1.29 is 4.42 Å². The molecule has 0 aliphatic heterocycles. The van der Waals surface area contributed by atoms with E-state index in [-0.39, 0.29) is 5.54 Å². The molecule has 1 N–H and O–H groups in total. The first-order valence-electron chi connectivity index (χ1n) is 5.56. The fourth-order valence-electron chi connectivity index (χ4n) is 1.33. The summed E-state index contributed by atoms with van der Waals surface area (Å²) in [6, 6.07) is 0. The Morgan fingerprint density at radius 3 is 2.76 bits per heavy atom. The summed E-state index contributed by atoms with van der Waals surface area (Å²) in [6.07, 6.45) is 1.73. The second-order valence-corrected chi connectivity index (χ2v) is 6.04. The van der Waals surface area contributed by atoms with Crippen LogP contribution in [0.3, 0.4) is 0 Å². The molecular formula is C12H17N3OS. The second-order valence-electron chi connectivity index (χ2n) is 4.97. The van der Waals surface area contributed by atoms with Crippen molar-refractivity contribution in [2.24, 2.45) is 0 Å². The molecular weight excluding hydrogens is 234 g/mol. The van der Waals surface area contributed by atoms with Crippen molar-refractivity contribution in [3.63, 3.8) is 0 Å². The van der Waals surface area contributed by atoms with Crippen LogP contribution in [0, 0.1) is 6.92 Å². The van der Waals surface area contributed by atoms with Crippen LogP contribution in [0.4, 0.5) is 0 Å². The van der Waals surface area contributed by atoms with E-state index in [1.165, 1.54) is 0 Å². The minimum Gasteiger partial charge on any atom is -0.438 e. The Bertz CT molecular complexity index is 496. The second kappa shape index (κ2) is 4.58. The standard InChI is InChI=1S/C12H17N3OS/c1-8-15-9(7-17-8)10-5-13-11(16-10)6-14-12(2,3)4/h5,7,14H,6H2,1-4H3. The lowest BCUT2D eigenvalue weighted by molar-refractivity contribution is 0.383. The highest BCUT2D eigenvalue weighted by Gasteiger charge is 2.12. The van der Waals surface area contributed by atoms with Crippen molar-refractivity contribution in [3.8, 4) is 11.5 Å². The van der Waals surface area contributed by atoms with Gasteiger partial charge in [-0.15, -0.1) is 11.3 Å². The van der Waals surface area contributed by atoms with Crippen molar-refractivity contribution in [2.75, 3.05) is 0 Å². The summed E-state index contributed by atoms with van der Waals surface area (Å²) in [5.41, 5.74) is 0.924. The lowest BCUT2D eigenvalue weighted by Crippen LogP contribution is -2.35. The van der Waals surface area contributed by atoms with Gasteiger partial charge in [0.25, 0.3) is 0 Å². The van der Waals surface area contributed by atoms with Crippen LogP contribution in [0.25, 0.3) is 11.5 Å². The van der Waals surface area contributed by atoms with Gasteiger partial charge in [0.1, 0.15) is 5.69 Å². The van der Waals surface area contributed by atoms with E-state index in [1.54, 1.807) is 17.5 Å². The number of nitrogens with one attached hydrogen (secondary N) is 1. The summed E-state index contributed by atoms with van der Waals surface area (Å²) in [7, 11) is 0. The van der Waals surface area contributed by atoms with E-state index in [4.69, 9.17) is 4.42 Å². The van der Waals surface area contributed by atoms with E-state index in [9.17, 15) is 0 Å². The summed E-state index contributed by atoms with van der Waals surface area (Å²) in [5.74, 6) is 1.43. The monoisotopic (exact) mass is 251 g/mol. The average molecular weight is 251 g/mol. The molecule has 2 heterocycles. The van der Waals surface area contributed by atoms with Gasteiger partial charge < -0.3 is 9.73 Å². The van der Waals surface area contributed by atoms with E-state index in [2.05, 4.69) is 36.1 Å². The first-order valence-corrected chi connectivity index (χ1v) is 6.44. The molecule has 0 spiro atoms. The van der Waals surface area contributed by atoms with Gasteiger partial charge in [-0.3, -0.25) is 0 Å². The number of hydrogen-bond acceptors (Lipinski definition) is 5. The third-order valence-electron chi connectivity index (χ3n) is 2.19. The van der Waals surface area contributed by atoms with Crippen LogP contribution in [0.2, 0.25) is 0 Å². The number of aromatic nitrogens is 2. The number of rotatable bonds is 3. The molecule has 0 fully saturated rings. The molecule has 0 aliphatic carbocycles. The maximum Gasteiger partial charge on any atom is 0.208 e. The number of thiazole rings is 1. The molecule has 4 nitrogen and oxygen atoms in total. The highest BCUT2D eigenvalue weighted by atomic mass is 32.1. The molecule has 92 valence electrons. The molecule has 0 saturated carbocycles. The summed E-state index contributed by atoms with van der Waals surface area (Å²) in [4.78, 5) is 8.61. The number of aryl methyl sites for hydroxylation is 1. The Hall–Kier alpha value is -1.20. The largest absolute Gasteiger partial charge is 0.438 e. The van der Waals surface area contributed by atoms with E-state index < -0.39 is 0 Å². The third kappa shape index (κ3) is 3.38. The van der Waals surface area contributed by atoms with Gasteiger partial charge in [-0.05, 0) is 27.7 Å². The Kier molecular flexibility index (Phi) is 3.31. The van der Waals surface area contributed by atoms with Crippen LogP contribution in [-0.4, -0.2) is 15.5 Å². The van der Waals surface area contributed by atoms with Gasteiger partial charge in [0.15, 0.2) is 5.76 Å². The number of oxazole rings is 1. The molecule has 0 radical (unpaired) electrons. The molecule has 0 bridgehead atoms. The molecule has 2 aromatic rings. The van der Waals surface area contributed by atoms with Crippen LogP contribution in [-0.2, 0) is 6.54 Å². The molecule has 0 unspecified atom stereocenters. The van der Waals surface area contributed by atoms with Crippen molar-refractivity contribution in [3.05, 3.63) is 22.5 Å². The zero-order chi connectivity index (χ0) is 12.5. The molecule has 2 rings (SSSR count). The summed E-state index contributed by atoms with van der Waals surface area (Å²) < 4.78 is 5.65. The Morgan fingerprint density at radius 2 is 2.18 bits per heavy atom. The summed E-state index contributed by atoms with van der Waals surface area (Å²) in [5, 5.41) is 6.35.